The molecule has 0 aliphatic rings. The highest BCUT2D eigenvalue weighted by Crippen LogP contribution is 2.32. The number of rotatable bonds is 10. The van der Waals surface area contributed by atoms with Crippen molar-refractivity contribution in [3.8, 4) is 16.9 Å². The number of aromatic nitrogens is 2. The quantitative estimate of drug-likeness (QED) is 0.319. The number of hydrogen-bond donors (Lipinski definition) is 2. The average Bonchev–Trinajstić information content (AvgIpc) is 3.27. The van der Waals surface area contributed by atoms with Crippen molar-refractivity contribution in [1.82, 2.24) is 9.78 Å². The fraction of sp³-hybridized carbons (Fsp3) is 0.241. The summed E-state index contributed by atoms with van der Waals surface area (Å²) in [5, 5.41) is 13.7. The van der Waals surface area contributed by atoms with Crippen LogP contribution in [0.4, 0.5) is 4.39 Å². The topological polar surface area (TPSA) is 90.4 Å². The Bertz CT molecular complexity index is 1360. The van der Waals surface area contributed by atoms with Crippen LogP contribution in [-0.4, -0.2) is 20.9 Å². The molecule has 0 amide bonds. The van der Waals surface area contributed by atoms with Gasteiger partial charge in [-0.15, -0.1) is 0 Å². The first-order chi connectivity index (χ1) is 17.3. The fourth-order valence-corrected chi connectivity index (χ4v) is 4.24. The molecule has 0 saturated heterocycles. The molecule has 186 valence electrons. The van der Waals surface area contributed by atoms with Crippen LogP contribution in [0, 0.1) is 5.82 Å². The maximum atomic E-state index is 15.5. The first kappa shape index (κ1) is 25.1. The molecular weight excluding hydrogens is 457 g/mol. The molecule has 3 aromatic carbocycles. The maximum Gasteiger partial charge on any atom is 0.307 e. The predicted octanol–water partition coefficient (Wildman–Crippen LogP) is 5.24. The molecule has 4 aromatic rings. The smallest absolute Gasteiger partial charge is 0.307 e. The summed E-state index contributed by atoms with van der Waals surface area (Å²) >= 11 is 0. The molecule has 6 nitrogen and oxygen atoms in total. The molecule has 36 heavy (non-hydrogen) atoms. The highest BCUT2D eigenvalue weighted by Gasteiger charge is 2.17. The number of nitrogens with two attached hydrogens (primary N) is 1. The number of aliphatic carboxylic acids is 1. The lowest BCUT2D eigenvalue weighted by Gasteiger charge is -2.17. The molecule has 0 radical (unpaired) electrons. The number of para-hydroxylation sites is 1. The van der Waals surface area contributed by atoms with Crippen molar-refractivity contribution in [2.24, 2.45) is 12.8 Å². The van der Waals surface area contributed by atoms with Crippen LogP contribution in [-0.2, 0) is 37.7 Å². The largest absolute Gasteiger partial charge is 0.489 e. The summed E-state index contributed by atoms with van der Waals surface area (Å²) in [6.07, 6.45) is 3.29. The van der Waals surface area contributed by atoms with Crippen LogP contribution in [0.5, 0.6) is 5.75 Å². The summed E-state index contributed by atoms with van der Waals surface area (Å²) in [5.74, 6) is -0.782. The molecule has 3 N–H and O–H groups in total. The van der Waals surface area contributed by atoms with Crippen molar-refractivity contribution in [1.29, 1.82) is 0 Å². The van der Waals surface area contributed by atoms with E-state index < -0.39 is 12.0 Å². The van der Waals surface area contributed by atoms with Crippen LogP contribution in [0.25, 0.3) is 11.1 Å². The van der Waals surface area contributed by atoms with Gasteiger partial charge in [-0.2, -0.15) is 5.10 Å². The number of carboxylic acid groups (broad SMARTS) is 1. The minimum Gasteiger partial charge on any atom is -0.489 e. The van der Waals surface area contributed by atoms with Gasteiger partial charge in [-0.25, -0.2) is 4.39 Å². The molecule has 0 aliphatic carbocycles. The monoisotopic (exact) mass is 487 g/mol. The summed E-state index contributed by atoms with van der Waals surface area (Å²) in [6.45, 7) is 1.92. The van der Waals surface area contributed by atoms with Gasteiger partial charge < -0.3 is 15.6 Å². The first-order valence-corrected chi connectivity index (χ1v) is 11.9. The Morgan fingerprint density at radius 1 is 1.06 bits per heavy atom. The van der Waals surface area contributed by atoms with E-state index in [1.54, 1.807) is 48.0 Å². The fourth-order valence-electron chi connectivity index (χ4n) is 4.24. The van der Waals surface area contributed by atoms with E-state index in [1.807, 2.05) is 43.6 Å². The number of hydrogen-bond acceptors (Lipinski definition) is 4. The van der Waals surface area contributed by atoms with Gasteiger partial charge in [0, 0.05) is 36.0 Å². The average molecular weight is 488 g/mol. The van der Waals surface area contributed by atoms with E-state index in [0.717, 1.165) is 35.2 Å². The molecule has 0 unspecified atom stereocenters. The van der Waals surface area contributed by atoms with E-state index in [1.165, 1.54) is 0 Å². The second kappa shape index (κ2) is 11.2. The van der Waals surface area contributed by atoms with E-state index in [4.69, 9.17) is 10.5 Å². The number of aryl methyl sites for hydroxylation is 3. The third-order valence-corrected chi connectivity index (χ3v) is 6.12. The van der Waals surface area contributed by atoms with E-state index >= 15 is 4.39 Å². The maximum absolute atomic E-state index is 15.5. The van der Waals surface area contributed by atoms with Crippen molar-refractivity contribution in [2.75, 3.05) is 0 Å². The zero-order valence-electron chi connectivity index (χ0n) is 20.4. The lowest BCUT2D eigenvalue weighted by Crippen LogP contribution is -2.09. The molecule has 4 rings (SSSR count). The summed E-state index contributed by atoms with van der Waals surface area (Å²) in [7, 11) is 1.89. The number of ether oxygens (including phenoxy) is 1. The Morgan fingerprint density at radius 2 is 1.86 bits per heavy atom. The summed E-state index contributed by atoms with van der Waals surface area (Å²) in [4.78, 5) is 11.2. The van der Waals surface area contributed by atoms with Crippen LogP contribution in [0.3, 0.4) is 0 Å². The number of benzene rings is 3. The number of carbonyl (C=O) groups is 1. The molecule has 0 aliphatic heterocycles. The molecule has 0 spiro atoms. The molecule has 1 aromatic heterocycles. The van der Waals surface area contributed by atoms with Crippen molar-refractivity contribution in [3.05, 3.63) is 107 Å². The van der Waals surface area contributed by atoms with Gasteiger partial charge in [-0.05, 0) is 48.6 Å². The van der Waals surface area contributed by atoms with E-state index in [0.29, 0.717) is 22.4 Å². The van der Waals surface area contributed by atoms with Crippen LogP contribution in [0.15, 0.2) is 72.9 Å². The van der Waals surface area contributed by atoms with Crippen molar-refractivity contribution in [2.45, 2.75) is 38.8 Å². The highest BCUT2D eigenvalue weighted by atomic mass is 19.1. The number of carboxylic acids is 1. The van der Waals surface area contributed by atoms with Gasteiger partial charge in [-0.3, -0.25) is 9.48 Å². The first-order valence-electron chi connectivity index (χ1n) is 11.9. The van der Waals surface area contributed by atoms with Gasteiger partial charge in [0.1, 0.15) is 18.2 Å². The summed E-state index contributed by atoms with van der Waals surface area (Å²) < 4.78 is 23.4. The molecule has 0 fully saturated rings. The van der Waals surface area contributed by atoms with Crippen LogP contribution < -0.4 is 10.5 Å². The van der Waals surface area contributed by atoms with Gasteiger partial charge in [0.15, 0.2) is 0 Å². The van der Waals surface area contributed by atoms with Gasteiger partial charge in [-0.1, -0.05) is 54.6 Å². The number of nitrogens with zero attached hydrogens (tertiary/aromatic N) is 2. The number of halogens is 1. The Balaban J connectivity index is 1.67. The Hall–Kier alpha value is -3.97. The van der Waals surface area contributed by atoms with Crippen molar-refractivity contribution < 1.29 is 19.0 Å². The van der Waals surface area contributed by atoms with Crippen molar-refractivity contribution >= 4 is 5.97 Å². The summed E-state index contributed by atoms with van der Waals surface area (Å²) in [5.41, 5.74) is 11.1. The Labute approximate surface area is 210 Å². The third kappa shape index (κ3) is 5.98. The van der Waals surface area contributed by atoms with Crippen LogP contribution in [0.2, 0.25) is 0 Å². The van der Waals surface area contributed by atoms with Gasteiger partial charge in [0.2, 0.25) is 0 Å². The zero-order valence-corrected chi connectivity index (χ0v) is 20.4. The second-order valence-electron chi connectivity index (χ2n) is 8.94. The van der Waals surface area contributed by atoms with Gasteiger partial charge in [0.25, 0.3) is 0 Å². The minimum atomic E-state index is -0.932. The van der Waals surface area contributed by atoms with Gasteiger partial charge in [0.05, 0.1) is 12.1 Å². The molecule has 7 heteroatoms. The molecule has 1 heterocycles. The van der Waals surface area contributed by atoms with Gasteiger partial charge >= 0.3 is 5.97 Å². The molecular formula is C29H30FN3O3. The predicted molar refractivity (Wildman–Crippen MR) is 137 cm³/mol. The standard InChI is InChI=1S/C29H30FN3O3/c1-19(31)24-7-5-8-25(29(24)30)26-16-20(11-13-23-14-15-33(2)32-23)10-12-22(26)18-36-27-9-4-3-6-21(27)17-28(34)35/h3-10,12,14-16,19H,11,13,17-18,31H2,1-2H3,(H,34,35)/t19-/m1/s1. The SMILES string of the molecule is C[C@@H](N)c1cccc(-c2cc(CCc3ccn(C)n3)ccc2COc2ccccc2CC(=O)O)c1F. The van der Waals surface area contributed by atoms with E-state index in [-0.39, 0.29) is 18.8 Å². The Kier molecular flexibility index (Phi) is 7.80. The molecule has 0 bridgehead atoms. The van der Waals surface area contributed by atoms with Crippen molar-refractivity contribution in [3.63, 3.8) is 0 Å². The second-order valence-corrected chi connectivity index (χ2v) is 8.94. The minimum absolute atomic E-state index is 0.138. The lowest BCUT2D eigenvalue weighted by atomic mass is 9.93. The highest BCUT2D eigenvalue weighted by molar-refractivity contribution is 5.71. The zero-order chi connectivity index (χ0) is 25.7. The Morgan fingerprint density at radius 3 is 2.58 bits per heavy atom. The van der Waals surface area contributed by atoms with E-state index in [9.17, 15) is 9.90 Å². The van der Waals surface area contributed by atoms with Crippen LogP contribution >= 0.6 is 0 Å². The normalized spacial score (nSPS) is 11.9. The lowest BCUT2D eigenvalue weighted by molar-refractivity contribution is -0.136. The van der Waals surface area contributed by atoms with Crippen LogP contribution in [0.1, 0.15) is 40.9 Å². The van der Waals surface area contributed by atoms with E-state index in [2.05, 4.69) is 5.10 Å². The summed E-state index contributed by atoms with van der Waals surface area (Å²) in [6, 6.07) is 19.8. The third-order valence-electron chi connectivity index (χ3n) is 6.12. The molecule has 1 atom stereocenters. The molecule has 0 saturated carbocycles.